The molecule has 0 radical (unpaired) electrons. The van der Waals surface area contributed by atoms with Crippen molar-refractivity contribution in [3.8, 4) is 5.75 Å². The highest BCUT2D eigenvalue weighted by Gasteiger charge is 2.24. The molecular formula is C17H27NO2. The lowest BCUT2D eigenvalue weighted by Crippen LogP contribution is -2.38. The summed E-state index contributed by atoms with van der Waals surface area (Å²) in [6, 6.07) is 7.19. The molecule has 1 aliphatic rings. The molecular weight excluding hydrogens is 250 g/mol. The van der Waals surface area contributed by atoms with Crippen molar-refractivity contribution in [1.82, 2.24) is 5.32 Å². The van der Waals surface area contributed by atoms with Gasteiger partial charge in [-0.05, 0) is 54.9 Å². The molecule has 0 saturated heterocycles. The Morgan fingerprint density at radius 3 is 2.85 bits per heavy atom. The van der Waals surface area contributed by atoms with E-state index in [1.165, 1.54) is 24.0 Å². The van der Waals surface area contributed by atoms with Gasteiger partial charge in [0.15, 0.2) is 0 Å². The number of aryl methyl sites for hydroxylation is 1. The minimum Gasteiger partial charge on any atom is -0.497 e. The molecule has 112 valence electrons. The van der Waals surface area contributed by atoms with E-state index < -0.39 is 0 Å². The summed E-state index contributed by atoms with van der Waals surface area (Å²) in [6.07, 6.45) is 4.34. The summed E-state index contributed by atoms with van der Waals surface area (Å²) in [4.78, 5) is 0. The van der Waals surface area contributed by atoms with Gasteiger partial charge in [-0.2, -0.15) is 0 Å². The smallest absolute Gasteiger partial charge is 0.119 e. The zero-order valence-electron chi connectivity index (χ0n) is 12.9. The number of aliphatic hydroxyl groups is 1. The lowest BCUT2D eigenvalue weighted by Gasteiger charge is -2.32. The second-order valence-corrected chi connectivity index (χ2v) is 6.04. The first-order valence-electron chi connectivity index (χ1n) is 7.69. The van der Waals surface area contributed by atoms with Gasteiger partial charge in [-0.15, -0.1) is 0 Å². The van der Waals surface area contributed by atoms with Crippen LogP contribution in [0.4, 0.5) is 0 Å². The Labute approximate surface area is 122 Å². The van der Waals surface area contributed by atoms with Crippen molar-refractivity contribution in [3.05, 3.63) is 29.3 Å². The fourth-order valence-electron chi connectivity index (χ4n) is 3.10. The molecule has 3 nitrogen and oxygen atoms in total. The van der Waals surface area contributed by atoms with Gasteiger partial charge in [0.05, 0.1) is 7.11 Å². The summed E-state index contributed by atoms with van der Waals surface area (Å²) < 4.78 is 5.32. The molecule has 20 heavy (non-hydrogen) atoms. The predicted molar refractivity (Wildman–Crippen MR) is 82.1 cm³/mol. The second-order valence-electron chi connectivity index (χ2n) is 6.04. The van der Waals surface area contributed by atoms with E-state index in [2.05, 4.69) is 37.4 Å². The minimum atomic E-state index is 0.248. The molecule has 1 aromatic carbocycles. The Bertz CT molecular complexity index is 431. The van der Waals surface area contributed by atoms with Crippen LogP contribution in [0.25, 0.3) is 0 Å². The molecule has 0 saturated carbocycles. The van der Waals surface area contributed by atoms with Gasteiger partial charge in [0.2, 0.25) is 0 Å². The van der Waals surface area contributed by atoms with Crippen molar-refractivity contribution in [2.75, 3.05) is 13.7 Å². The van der Waals surface area contributed by atoms with E-state index >= 15 is 0 Å². The maximum atomic E-state index is 9.22. The maximum Gasteiger partial charge on any atom is 0.119 e. The number of ether oxygens (including phenoxy) is 1. The number of fused-ring (bicyclic) bond motifs is 1. The molecule has 0 heterocycles. The van der Waals surface area contributed by atoms with Gasteiger partial charge in [-0.25, -0.2) is 0 Å². The molecule has 1 aliphatic carbocycles. The van der Waals surface area contributed by atoms with Crippen LogP contribution in [0.2, 0.25) is 0 Å². The predicted octanol–water partition coefficient (Wildman–Crippen LogP) is 3.07. The Balaban J connectivity index is 2.15. The Morgan fingerprint density at radius 1 is 1.40 bits per heavy atom. The van der Waals surface area contributed by atoms with Crippen LogP contribution in [0.1, 0.15) is 50.3 Å². The van der Waals surface area contributed by atoms with Gasteiger partial charge in [0.25, 0.3) is 0 Å². The van der Waals surface area contributed by atoms with Crippen LogP contribution >= 0.6 is 0 Å². The first-order valence-corrected chi connectivity index (χ1v) is 7.69. The molecule has 0 spiro atoms. The topological polar surface area (TPSA) is 41.5 Å². The summed E-state index contributed by atoms with van der Waals surface area (Å²) in [5.41, 5.74) is 2.81. The highest BCUT2D eigenvalue weighted by molar-refractivity contribution is 5.39. The largest absolute Gasteiger partial charge is 0.497 e. The van der Waals surface area contributed by atoms with E-state index in [-0.39, 0.29) is 6.61 Å². The number of hydrogen-bond acceptors (Lipinski definition) is 3. The number of benzene rings is 1. The Hall–Kier alpha value is -1.06. The molecule has 0 aromatic heterocycles. The fraction of sp³-hybridized carbons (Fsp3) is 0.647. The summed E-state index contributed by atoms with van der Waals surface area (Å²) in [6.45, 7) is 4.67. The maximum absolute atomic E-state index is 9.22. The van der Waals surface area contributed by atoms with Crippen LogP contribution in [-0.2, 0) is 6.42 Å². The van der Waals surface area contributed by atoms with Crippen LogP contribution in [0, 0.1) is 5.92 Å². The SMILES string of the molecule is COc1ccc2c(c1)CCCC2NC(CCO)C(C)C. The van der Waals surface area contributed by atoms with Crippen LogP contribution in [0.3, 0.4) is 0 Å². The molecule has 2 atom stereocenters. The summed E-state index contributed by atoms with van der Waals surface area (Å²) >= 11 is 0. The highest BCUT2D eigenvalue weighted by Crippen LogP contribution is 2.33. The molecule has 1 aromatic rings. The Morgan fingerprint density at radius 2 is 2.20 bits per heavy atom. The van der Waals surface area contributed by atoms with Gasteiger partial charge >= 0.3 is 0 Å². The summed E-state index contributed by atoms with van der Waals surface area (Å²) in [5, 5.41) is 13.0. The number of aliphatic hydroxyl groups excluding tert-OH is 1. The third-order valence-corrected chi connectivity index (χ3v) is 4.32. The number of nitrogens with one attached hydrogen (secondary N) is 1. The van der Waals surface area contributed by atoms with Crippen molar-refractivity contribution < 1.29 is 9.84 Å². The van der Waals surface area contributed by atoms with Crippen molar-refractivity contribution >= 4 is 0 Å². The van der Waals surface area contributed by atoms with Crippen molar-refractivity contribution in [2.24, 2.45) is 5.92 Å². The zero-order chi connectivity index (χ0) is 14.5. The molecule has 2 N–H and O–H groups in total. The molecule has 0 bridgehead atoms. The van der Waals surface area contributed by atoms with Gasteiger partial charge in [0.1, 0.15) is 5.75 Å². The van der Waals surface area contributed by atoms with Crippen LogP contribution in [0.15, 0.2) is 18.2 Å². The molecule has 0 amide bonds. The molecule has 3 heteroatoms. The van der Waals surface area contributed by atoms with E-state index in [4.69, 9.17) is 4.74 Å². The minimum absolute atomic E-state index is 0.248. The summed E-state index contributed by atoms with van der Waals surface area (Å²) in [5.74, 6) is 1.48. The van der Waals surface area contributed by atoms with E-state index in [1.54, 1.807) is 7.11 Å². The molecule has 0 fully saturated rings. The number of methoxy groups -OCH3 is 1. The molecule has 0 aliphatic heterocycles. The average molecular weight is 277 g/mol. The first-order chi connectivity index (χ1) is 9.65. The highest BCUT2D eigenvalue weighted by atomic mass is 16.5. The molecule has 2 unspecified atom stereocenters. The fourth-order valence-corrected chi connectivity index (χ4v) is 3.10. The van der Waals surface area contributed by atoms with Crippen molar-refractivity contribution in [3.63, 3.8) is 0 Å². The standard InChI is InChI=1S/C17H27NO2/c1-12(2)16(9-10-19)18-17-6-4-5-13-11-14(20-3)7-8-15(13)17/h7-8,11-12,16-19H,4-6,9-10H2,1-3H3. The number of rotatable bonds is 6. The Kier molecular flexibility index (Phi) is 5.44. The van der Waals surface area contributed by atoms with Gasteiger partial charge in [0, 0.05) is 18.7 Å². The monoisotopic (exact) mass is 277 g/mol. The average Bonchev–Trinajstić information content (AvgIpc) is 2.46. The van der Waals surface area contributed by atoms with Gasteiger partial charge in [-0.3, -0.25) is 0 Å². The van der Waals surface area contributed by atoms with Gasteiger partial charge < -0.3 is 15.2 Å². The molecule has 2 rings (SSSR count). The third-order valence-electron chi connectivity index (χ3n) is 4.32. The lowest BCUT2D eigenvalue weighted by molar-refractivity contribution is 0.230. The second kappa shape index (κ2) is 7.09. The normalized spacial score (nSPS) is 19.8. The van der Waals surface area contributed by atoms with Gasteiger partial charge in [-0.1, -0.05) is 19.9 Å². The van der Waals surface area contributed by atoms with Crippen LogP contribution in [-0.4, -0.2) is 24.9 Å². The quantitative estimate of drug-likeness (QED) is 0.839. The van der Waals surface area contributed by atoms with Crippen molar-refractivity contribution in [2.45, 2.75) is 51.6 Å². The van der Waals surface area contributed by atoms with Crippen molar-refractivity contribution in [1.29, 1.82) is 0 Å². The van der Waals surface area contributed by atoms with E-state index in [9.17, 15) is 5.11 Å². The zero-order valence-corrected chi connectivity index (χ0v) is 12.9. The van der Waals surface area contributed by atoms with E-state index in [0.29, 0.717) is 18.0 Å². The van der Waals surface area contributed by atoms with E-state index in [1.807, 2.05) is 0 Å². The summed E-state index contributed by atoms with van der Waals surface area (Å²) in [7, 11) is 1.72. The first kappa shape index (κ1) is 15.3. The number of hydrogen-bond donors (Lipinski definition) is 2. The van der Waals surface area contributed by atoms with E-state index in [0.717, 1.165) is 18.6 Å². The third kappa shape index (κ3) is 3.53. The van der Waals surface area contributed by atoms with Crippen LogP contribution in [0.5, 0.6) is 5.75 Å². The van der Waals surface area contributed by atoms with Crippen LogP contribution < -0.4 is 10.1 Å². The lowest BCUT2D eigenvalue weighted by atomic mass is 9.86.